The number of aromatic nitrogens is 2. The highest BCUT2D eigenvalue weighted by Gasteiger charge is 2.24. The Morgan fingerprint density at radius 1 is 0.895 bits per heavy atom. The molecule has 0 atom stereocenters. The van der Waals surface area contributed by atoms with Gasteiger partial charge in [-0.25, -0.2) is 9.48 Å². The minimum absolute atomic E-state index is 0.195. The molecule has 0 radical (unpaired) electrons. The topological polar surface area (TPSA) is 79.3 Å². The number of anilines is 2. The van der Waals surface area contributed by atoms with Crippen LogP contribution in [0.5, 0.6) is 0 Å². The summed E-state index contributed by atoms with van der Waals surface area (Å²) in [6.45, 7) is 6.16. The zero-order valence-corrected chi connectivity index (χ0v) is 22.9. The largest absolute Gasteiger partial charge is 0.322 e. The first kappa shape index (κ1) is 27.2. The maximum Gasteiger partial charge on any atom is 0.322 e. The van der Waals surface area contributed by atoms with Crippen molar-refractivity contribution in [2.75, 3.05) is 17.2 Å². The van der Waals surface area contributed by atoms with Gasteiger partial charge in [-0.05, 0) is 35.9 Å². The maximum absolute atomic E-state index is 13.3. The minimum atomic E-state index is -0.429. The first-order valence-corrected chi connectivity index (χ1v) is 12.9. The molecule has 0 bridgehead atoms. The maximum atomic E-state index is 13.3. The predicted molar refractivity (Wildman–Crippen MR) is 153 cm³/mol. The second kappa shape index (κ2) is 11.7. The van der Waals surface area contributed by atoms with E-state index < -0.39 is 6.03 Å². The van der Waals surface area contributed by atoms with Crippen LogP contribution in [-0.2, 0) is 16.8 Å². The van der Waals surface area contributed by atoms with Crippen LogP contribution < -0.4 is 10.6 Å². The van der Waals surface area contributed by atoms with Crippen LogP contribution in [0.25, 0.3) is 5.69 Å². The van der Waals surface area contributed by atoms with E-state index in [1.165, 1.54) is 4.90 Å². The molecule has 0 unspecified atom stereocenters. The summed E-state index contributed by atoms with van der Waals surface area (Å²) in [7, 11) is 0. The van der Waals surface area contributed by atoms with E-state index in [9.17, 15) is 9.59 Å². The van der Waals surface area contributed by atoms with Gasteiger partial charge in [-0.15, -0.1) is 0 Å². The van der Waals surface area contributed by atoms with E-state index in [4.69, 9.17) is 28.3 Å². The summed E-state index contributed by atoms with van der Waals surface area (Å²) in [6, 6.07) is 25.0. The van der Waals surface area contributed by atoms with Crippen LogP contribution in [0.4, 0.5) is 16.3 Å². The number of nitrogens with one attached hydrogen (secondary N) is 2. The lowest BCUT2D eigenvalue weighted by molar-refractivity contribution is -0.116. The fourth-order valence-corrected chi connectivity index (χ4v) is 4.18. The monoisotopic (exact) mass is 549 g/mol. The molecule has 0 fully saturated rings. The van der Waals surface area contributed by atoms with Gasteiger partial charge >= 0.3 is 6.03 Å². The molecule has 4 aromatic rings. The molecule has 2 N–H and O–H groups in total. The van der Waals surface area contributed by atoms with E-state index in [0.29, 0.717) is 27.2 Å². The Labute approximate surface area is 232 Å². The molecule has 4 rings (SSSR count). The smallest absolute Gasteiger partial charge is 0.311 e. The van der Waals surface area contributed by atoms with Crippen molar-refractivity contribution in [3.63, 3.8) is 0 Å². The predicted octanol–water partition coefficient (Wildman–Crippen LogP) is 7.15. The second-order valence-corrected chi connectivity index (χ2v) is 10.7. The molecule has 1 heterocycles. The molecule has 9 heteroatoms. The summed E-state index contributed by atoms with van der Waals surface area (Å²) < 4.78 is 1.62. The highest BCUT2D eigenvalue weighted by molar-refractivity contribution is 6.32. The molecule has 7 nitrogen and oxygen atoms in total. The summed E-state index contributed by atoms with van der Waals surface area (Å²) in [4.78, 5) is 28.0. The van der Waals surface area contributed by atoms with Gasteiger partial charge < -0.3 is 15.5 Å². The molecule has 0 aliphatic heterocycles. The third-order valence-corrected chi connectivity index (χ3v) is 6.29. The van der Waals surface area contributed by atoms with Crippen LogP contribution in [0.2, 0.25) is 10.0 Å². The molecular formula is C29H29Cl2N5O2. The van der Waals surface area contributed by atoms with Crippen LogP contribution in [0.3, 0.4) is 0 Å². The number of benzene rings is 3. The van der Waals surface area contributed by atoms with Crippen molar-refractivity contribution in [1.82, 2.24) is 14.7 Å². The minimum Gasteiger partial charge on any atom is -0.311 e. The molecule has 38 heavy (non-hydrogen) atoms. The molecule has 0 saturated carbocycles. The number of rotatable bonds is 7. The van der Waals surface area contributed by atoms with Crippen molar-refractivity contribution >= 4 is 46.6 Å². The van der Waals surface area contributed by atoms with E-state index in [2.05, 4.69) is 10.6 Å². The molecule has 3 aromatic carbocycles. The van der Waals surface area contributed by atoms with Gasteiger partial charge in [-0.2, -0.15) is 5.10 Å². The van der Waals surface area contributed by atoms with Gasteiger partial charge in [0.15, 0.2) is 0 Å². The number of urea groups is 1. The van der Waals surface area contributed by atoms with Crippen molar-refractivity contribution in [2.45, 2.75) is 32.7 Å². The zero-order valence-electron chi connectivity index (χ0n) is 21.4. The van der Waals surface area contributed by atoms with E-state index in [1.54, 1.807) is 35.0 Å². The van der Waals surface area contributed by atoms with Crippen molar-refractivity contribution in [1.29, 1.82) is 0 Å². The standard InChI is InChI=1S/C29H29Cl2N5O2/c1-29(2,3)25-17-26(36(34-25)24-15-8-7-14-23(24)31)33-27(37)19-35(18-20-10-5-4-6-11-20)28(38)32-22-13-9-12-21(30)16-22/h4-17H,18-19H2,1-3H3,(H,32,38)(H,33,37). The van der Waals surface area contributed by atoms with Gasteiger partial charge in [0.1, 0.15) is 12.4 Å². The van der Waals surface area contributed by atoms with Gasteiger partial charge in [-0.3, -0.25) is 4.79 Å². The van der Waals surface area contributed by atoms with Crippen molar-refractivity contribution in [3.8, 4) is 5.69 Å². The Morgan fingerprint density at radius 2 is 1.61 bits per heavy atom. The number of hydrogen-bond acceptors (Lipinski definition) is 3. The lowest BCUT2D eigenvalue weighted by Gasteiger charge is -2.23. The first-order valence-electron chi connectivity index (χ1n) is 12.1. The molecule has 1 aromatic heterocycles. The van der Waals surface area contributed by atoms with Crippen molar-refractivity contribution in [3.05, 3.63) is 106 Å². The van der Waals surface area contributed by atoms with Crippen LogP contribution in [0.15, 0.2) is 84.9 Å². The highest BCUT2D eigenvalue weighted by atomic mass is 35.5. The van der Waals surface area contributed by atoms with Crippen LogP contribution in [0, 0.1) is 0 Å². The van der Waals surface area contributed by atoms with Gasteiger partial charge in [0.25, 0.3) is 0 Å². The fourth-order valence-electron chi connectivity index (χ4n) is 3.77. The normalized spacial score (nSPS) is 11.2. The van der Waals surface area contributed by atoms with E-state index >= 15 is 0 Å². The Balaban J connectivity index is 1.59. The number of amides is 3. The number of nitrogens with zero attached hydrogens (tertiary/aromatic N) is 3. The quantitative estimate of drug-likeness (QED) is 0.257. The van der Waals surface area contributed by atoms with Crippen LogP contribution in [0.1, 0.15) is 32.0 Å². The molecular weight excluding hydrogens is 521 g/mol. The van der Waals surface area contributed by atoms with Gasteiger partial charge in [-0.1, -0.05) is 92.5 Å². The Bertz CT molecular complexity index is 1430. The Morgan fingerprint density at radius 3 is 2.29 bits per heavy atom. The lowest BCUT2D eigenvalue weighted by atomic mass is 9.92. The Kier molecular flexibility index (Phi) is 8.39. The van der Waals surface area contributed by atoms with Crippen LogP contribution >= 0.6 is 23.2 Å². The summed E-state index contributed by atoms with van der Waals surface area (Å²) in [5.74, 6) is 0.0822. The third-order valence-electron chi connectivity index (χ3n) is 5.74. The number of para-hydroxylation sites is 1. The van der Waals surface area contributed by atoms with Crippen molar-refractivity contribution < 1.29 is 9.59 Å². The zero-order chi connectivity index (χ0) is 27.3. The molecule has 196 valence electrons. The first-order chi connectivity index (χ1) is 18.1. The molecule has 3 amide bonds. The number of hydrogen-bond donors (Lipinski definition) is 2. The van der Waals surface area contributed by atoms with Gasteiger partial charge in [0, 0.05) is 28.7 Å². The highest BCUT2D eigenvalue weighted by Crippen LogP contribution is 2.29. The number of carbonyl (C=O) groups is 2. The average molecular weight is 550 g/mol. The summed E-state index contributed by atoms with van der Waals surface area (Å²) in [6.07, 6.45) is 0. The second-order valence-electron chi connectivity index (χ2n) is 9.86. The molecule has 0 spiro atoms. The molecule has 0 aliphatic rings. The molecule has 0 saturated heterocycles. The summed E-state index contributed by atoms with van der Waals surface area (Å²) in [5.41, 5.74) is 2.58. The molecule has 0 aliphatic carbocycles. The SMILES string of the molecule is CC(C)(C)c1cc(NC(=O)CN(Cc2ccccc2)C(=O)Nc2cccc(Cl)c2)n(-c2ccccc2Cl)n1. The van der Waals surface area contributed by atoms with Crippen LogP contribution in [-0.4, -0.2) is 33.2 Å². The van der Waals surface area contributed by atoms with Gasteiger partial charge in [0.2, 0.25) is 5.91 Å². The summed E-state index contributed by atoms with van der Waals surface area (Å²) in [5, 5.41) is 11.5. The fraction of sp³-hybridized carbons (Fsp3) is 0.207. The lowest BCUT2D eigenvalue weighted by Crippen LogP contribution is -2.40. The number of halogens is 2. The van der Waals surface area contributed by atoms with Gasteiger partial charge in [0.05, 0.1) is 16.4 Å². The van der Waals surface area contributed by atoms with E-state index in [1.807, 2.05) is 75.4 Å². The van der Waals surface area contributed by atoms with E-state index in [0.717, 1.165) is 11.3 Å². The van der Waals surface area contributed by atoms with E-state index in [-0.39, 0.29) is 24.4 Å². The Hall–Kier alpha value is -3.81. The average Bonchev–Trinajstić information content (AvgIpc) is 3.28. The summed E-state index contributed by atoms with van der Waals surface area (Å²) >= 11 is 12.5. The van der Waals surface area contributed by atoms with Crippen molar-refractivity contribution in [2.24, 2.45) is 0 Å². The number of carbonyl (C=O) groups excluding carboxylic acids is 2. The third kappa shape index (κ3) is 6.94.